The van der Waals surface area contributed by atoms with E-state index in [4.69, 9.17) is 0 Å². The van der Waals surface area contributed by atoms with Crippen molar-refractivity contribution in [1.82, 2.24) is 5.32 Å². The lowest BCUT2D eigenvalue weighted by molar-refractivity contribution is 0.116. The van der Waals surface area contributed by atoms with Crippen molar-refractivity contribution in [3.8, 4) is 0 Å². The summed E-state index contributed by atoms with van der Waals surface area (Å²) in [5, 5.41) is 13.0. The molecule has 21 heavy (non-hydrogen) atoms. The van der Waals surface area contributed by atoms with Gasteiger partial charge in [0.15, 0.2) is 0 Å². The lowest BCUT2D eigenvalue weighted by Gasteiger charge is -2.26. The molecule has 1 aromatic carbocycles. The summed E-state index contributed by atoms with van der Waals surface area (Å²) >= 11 is 0. The summed E-state index contributed by atoms with van der Waals surface area (Å²) in [5.41, 5.74) is 1.67. The van der Waals surface area contributed by atoms with Crippen LogP contribution in [0.4, 0.5) is 10.1 Å². The van der Waals surface area contributed by atoms with Gasteiger partial charge in [0.05, 0.1) is 11.8 Å². The van der Waals surface area contributed by atoms with Crippen molar-refractivity contribution in [2.75, 3.05) is 18.0 Å². The molecule has 118 valence electrons. The molecule has 1 fully saturated rings. The van der Waals surface area contributed by atoms with Crippen LogP contribution in [-0.4, -0.2) is 30.3 Å². The van der Waals surface area contributed by atoms with Gasteiger partial charge in [-0.3, -0.25) is 0 Å². The molecule has 2 N–H and O–H groups in total. The Morgan fingerprint density at radius 2 is 1.86 bits per heavy atom. The molecule has 1 aromatic rings. The third kappa shape index (κ3) is 4.42. The van der Waals surface area contributed by atoms with Crippen LogP contribution < -0.4 is 10.2 Å². The third-order valence-corrected chi connectivity index (χ3v) is 4.41. The average Bonchev–Trinajstić information content (AvgIpc) is 2.50. The van der Waals surface area contributed by atoms with Crippen LogP contribution in [0, 0.1) is 5.82 Å². The van der Waals surface area contributed by atoms with Crippen LogP contribution in [0.2, 0.25) is 0 Å². The monoisotopic (exact) mass is 294 g/mol. The first-order valence-corrected chi connectivity index (χ1v) is 8.08. The van der Waals surface area contributed by atoms with Crippen molar-refractivity contribution in [2.24, 2.45) is 0 Å². The number of nitrogens with zero attached hydrogens (tertiary/aromatic N) is 1. The summed E-state index contributed by atoms with van der Waals surface area (Å²) in [6.07, 6.45) is 3.61. The molecule has 0 heterocycles. The zero-order valence-corrected chi connectivity index (χ0v) is 13.1. The largest absolute Gasteiger partial charge is 0.393 e. The summed E-state index contributed by atoms with van der Waals surface area (Å²) in [6, 6.07) is 5.96. The van der Waals surface area contributed by atoms with Gasteiger partial charge in [-0.15, -0.1) is 0 Å². The van der Waals surface area contributed by atoms with Gasteiger partial charge in [0.25, 0.3) is 0 Å². The summed E-state index contributed by atoms with van der Waals surface area (Å²) in [7, 11) is 0. The van der Waals surface area contributed by atoms with E-state index in [1.807, 2.05) is 30.9 Å². The number of hydrogen-bond acceptors (Lipinski definition) is 3. The smallest absolute Gasteiger partial charge is 0.146 e. The fourth-order valence-corrected chi connectivity index (χ4v) is 3.02. The van der Waals surface area contributed by atoms with Crippen molar-refractivity contribution < 1.29 is 9.50 Å². The molecule has 0 aromatic heterocycles. The Hall–Kier alpha value is -1.13. The van der Waals surface area contributed by atoms with Crippen LogP contribution in [0.1, 0.15) is 45.1 Å². The number of hydrogen-bond donors (Lipinski definition) is 2. The van der Waals surface area contributed by atoms with E-state index in [-0.39, 0.29) is 11.9 Å². The third-order valence-electron chi connectivity index (χ3n) is 4.41. The Labute approximate surface area is 127 Å². The number of aliphatic hydroxyl groups excluding tert-OH is 1. The molecular formula is C17H27FN2O. The molecular weight excluding hydrogens is 267 g/mol. The Kier molecular flexibility index (Phi) is 6.00. The molecule has 1 aliphatic carbocycles. The zero-order chi connectivity index (χ0) is 15.2. The molecule has 0 atom stereocenters. The molecule has 4 heteroatoms. The molecule has 0 saturated heterocycles. The summed E-state index contributed by atoms with van der Waals surface area (Å²) in [6.45, 7) is 6.40. The van der Waals surface area contributed by atoms with Crippen molar-refractivity contribution in [3.05, 3.63) is 29.6 Å². The van der Waals surface area contributed by atoms with Crippen LogP contribution in [-0.2, 0) is 6.54 Å². The van der Waals surface area contributed by atoms with E-state index in [2.05, 4.69) is 5.32 Å². The van der Waals surface area contributed by atoms with Crippen molar-refractivity contribution in [3.63, 3.8) is 0 Å². The van der Waals surface area contributed by atoms with Crippen LogP contribution in [0.25, 0.3) is 0 Å². The Morgan fingerprint density at radius 1 is 1.19 bits per heavy atom. The van der Waals surface area contributed by atoms with Crippen LogP contribution in [0.5, 0.6) is 0 Å². The van der Waals surface area contributed by atoms with Gasteiger partial charge in [-0.1, -0.05) is 6.07 Å². The van der Waals surface area contributed by atoms with Crippen LogP contribution in [0.3, 0.4) is 0 Å². The highest BCUT2D eigenvalue weighted by Gasteiger charge is 2.18. The summed E-state index contributed by atoms with van der Waals surface area (Å²) < 4.78 is 14.2. The van der Waals surface area contributed by atoms with Crippen LogP contribution in [0.15, 0.2) is 18.2 Å². The lowest BCUT2D eigenvalue weighted by atomic mass is 9.93. The second-order valence-corrected chi connectivity index (χ2v) is 5.84. The second-order valence-electron chi connectivity index (χ2n) is 5.84. The maximum absolute atomic E-state index is 14.2. The number of halogens is 1. The van der Waals surface area contributed by atoms with Crippen molar-refractivity contribution in [1.29, 1.82) is 0 Å². The second kappa shape index (κ2) is 7.76. The average molecular weight is 294 g/mol. The maximum Gasteiger partial charge on any atom is 0.146 e. The van der Waals surface area contributed by atoms with Gasteiger partial charge in [0.1, 0.15) is 5.82 Å². The van der Waals surface area contributed by atoms with E-state index in [0.29, 0.717) is 18.3 Å². The Bertz CT molecular complexity index is 440. The van der Waals surface area contributed by atoms with Gasteiger partial charge in [0.2, 0.25) is 0 Å². The first kappa shape index (κ1) is 16.2. The van der Waals surface area contributed by atoms with Crippen LogP contribution >= 0.6 is 0 Å². The minimum absolute atomic E-state index is 0.131. The minimum Gasteiger partial charge on any atom is -0.393 e. The van der Waals surface area contributed by atoms with E-state index in [0.717, 1.165) is 44.3 Å². The highest BCUT2D eigenvalue weighted by atomic mass is 19.1. The van der Waals surface area contributed by atoms with Crippen molar-refractivity contribution >= 4 is 5.69 Å². The topological polar surface area (TPSA) is 35.5 Å². The van der Waals surface area contributed by atoms with Gasteiger partial charge >= 0.3 is 0 Å². The molecule has 0 spiro atoms. The van der Waals surface area contributed by atoms with Gasteiger partial charge in [-0.2, -0.15) is 0 Å². The highest BCUT2D eigenvalue weighted by molar-refractivity contribution is 5.49. The van der Waals surface area contributed by atoms with E-state index in [1.165, 1.54) is 0 Å². The summed E-state index contributed by atoms with van der Waals surface area (Å²) in [4.78, 5) is 2.02. The van der Waals surface area contributed by atoms with E-state index >= 15 is 0 Å². The fraction of sp³-hybridized carbons (Fsp3) is 0.647. The molecule has 0 radical (unpaired) electrons. The summed E-state index contributed by atoms with van der Waals surface area (Å²) in [5.74, 6) is -0.142. The predicted molar refractivity (Wildman–Crippen MR) is 85.1 cm³/mol. The number of aliphatic hydroxyl groups is 1. The van der Waals surface area contributed by atoms with Gasteiger partial charge < -0.3 is 15.3 Å². The molecule has 2 rings (SSSR count). The Balaban J connectivity index is 1.91. The molecule has 0 unspecified atom stereocenters. The number of nitrogens with one attached hydrogen (secondary N) is 1. The molecule has 1 aliphatic rings. The normalized spacial score (nSPS) is 22.3. The van der Waals surface area contributed by atoms with E-state index in [9.17, 15) is 9.50 Å². The van der Waals surface area contributed by atoms with Gasteiger partial charge in [0, 0.05) is 25.7 Å². The molecule has 1 saturated carbocycles. The first-order chi connectivity index (χ1) is 10.1. The number of rotatable bonds is 6. The number of anilines is 1. The number of benzene rings is 1. The van der Waals surface area contributed by atoms with Gasteiger partial charge in [-0.25, -0.2) is 4.39 Å². The van der Waals surface area contributed by atoms with Crippen molar-refractivity contribution in [2.45, 2.75) is 58.2 Å². The molecule has 0 aliphatic heterocycles. The lowest BCUT2D eigenvalue weighted by Crippen LogP contribution is -2.34. The van der Waals surface area contributed by atoms with Gasteiger partial charge in [-0.05, 0) is 57.2 Å². The van der Waals surface area contributed by atoms with E-state index in [1.54, 1.807) is 6.07 Å². The molecule has 3 nitrogen and oxygen atoms in total. The Morgan fingerprint density at radius 3 is 2.43 bits per heavy atom. The highest BCUT2D eigenvalue weighted by Crippen LogP contribution is 2.22. The maximum atomic E-state index is 14.2. The molecule has 0 bridgehead atoms. The SMILES string of the molecule is CCN(CC)c1ccc(CNC2CCC(O)CC2)cc1F. The zero-order valence-electron chi connectivity index (χ0n) is 13.1. The first-order valence-electron chi connectivity index (χ1n) is 8.08. The standard InChI is InChI=1S/C17H27FN2O/c1-3-20(4-2)17-10-5-13(11-16(17)18)12-19-14-6-8-15(21)9-7-14/h5,10-11,14-15,19,21H,3-4,6-9,12H2,1-2H3. The van der Waals surface area contributed by atoms with E-state index < -0.39 is 0 Å². The molecule has 0 amide bonds. The quantitative estimate of drug-likeness (QED) is 0.846. The fourth-order valence-electron chi connectivity index (χ4n) is 3.02. The minimum atomic E-state index is -0.142. The predicted octanol–water partition coefficient (Wildman–Crippen LogP) is 3.07.